The van der Waals surface area contributed by atoms with Gasteiger partial charge in [-0.1, -0.05) is 30.0 Å². The molecular weight excluding hydrogens is 336 g/mol. The number of benzene rings is 1. The molecule has 1 aromatic carbocycles. The molecule has 7 nitrogen and oxygen atoms in total. The summed E-state index contributed by atoms with van der Waals surface area (Å²) < 4.78 is 1.35. The maximum Gasteiger partial charge on any atom is 0.234 e. The molecule has 3 aromatic rings. The van der Waals surface area contributed by atoms with Crippen LogP contribution in [-0.2, 0) is 4.79 Å². The monoisotopic (exact) mass is 354 g/mol. The van der Waals surface area contributed by atoms with Crippen LogP contribution in [0.25, 0.3) is 11.5 Å². The summed E-state index contributed by atoms with van der Waals surface area (Å²) in [6, 6.07) is 11.4. The molecule has 2 aromatic heterocycles. The second-order valence-electron chi connectivity index (χ2n) is 5.55. The van der Waals surface area contributed by atoms with Crippen LogP contribution in [-0.4, -0.2) is 31.5 Å². The van der Waals surface area contributed by atoms with E-state index >= 15 is 0 Å². The van der Waals surface area contributed by atoms with E-state index in [-0.39, 0.29) is 11.7 Å². The predicted molar refractivity (Wildman–Crippen MR) is 98.7 cm³/mol. The van der Waals surface area contributed by atoms with Gasteiger partial charge in [-0.2, -0.15) is 0 Å². The molecule has 0 fully saturated rings. The van der Waals surface area contributed by atoms with E-state index in [4.69, 9.17) is 5.84 Å². The maximum absolute atomic E-state index is 12.2. The lowest BCUT2D eigenvalue weighted by molar-refractivity contribution is -0.113. The molecule has 25 heavy (non-hydrogen) atoms. The zero-order valence-electron chi connectivity index (χ0n) is 13.9. The van der Waals surface area contributed by atoms with Gasteiger partial charge in [0.1, 0.15) is 5.69 Å². The molecule has 8 heteroatoms. The van der Waals surface area contributed by atoms with Crippen LogP contribution < -0.4 is 11.2 Å². The van der Waals surface area contributed by atoms with Crippen LogP contribution in [0.3, 0.4) is 0 Å². The van der Waals surface area contributed by atoms with E-state index in [1.54, 1.807) is 12.3 Å². The molecule has 3 rings (SSSR count). The molecule has 0 aliphatic carbocycles. The van der Waals surface area contributed by atoms with Gasteiger partial charge in [0.15, 0.2) is 0 Å². The number of hydrogen-bond acceptors (Lipinski definition) is 6. The zero-order chi connectivity index (χ0) is 17.8. The number of rotatable bonds is 5. The van der Waals surface area contributed by atoms with Crippen LogP contribution in [0, 0.1) is 13.8 Å². The maximum atomic E-state index is 12.2. The quantitative estimate of drug-likeness (QED) is 0.539. The Morgan fingerprint density at radius 2 is 2.08 bits per heavy atom. The number of hydrogen-bond donors (Lipinski definition) is 2. The smallest absolute Gasteiger partial charge is 0.234 e. The average molecular weight is 354 g/mol. The summed E-state index contributed by atoms with van der Waals surface area (Å²) in [6.07, 6.45) is 1.66. The molecule has 1 amide bonds. The van der Waals surface area contributed by atoms with Crippen LogP contribution in [0.2, 0.25) is 0 Å². The van der Waals surface area contributed by atoms with E-state index in [9.17, 15) is 4.79 Å². The number of thioether (sulfide) groups is 1. The highest BCUT2D eigenvalue weighted by Gasteiger charge is 2.14. The highest BCUT2D eigenvalue weighted by Crippen LogP contribution is 2.21. The molecular formula is C17H18N6OS. The van der Waals surface area contributed by atoms with E-state index in [0.717, 1.165) is 16.8 Å². The molecule has 0 aliphatic heterocycles. The summed E-state index contributed by atoms with van der Waals surface area (Å²) in [4.78, 5) is 16.4. The minimum Gasteiger partial charge on any atom is -0.335 e. The second-order valence-corrected chi connectivity index (χ2v) is 6.49. The molecule has 0 unspecified atom stereocenters. The Hall–Kier alpha value is -2.87. The van der Waals surface area contributed by atoms with Gasteiger partial charge in [-0.05, 0) is 43.2 Å². The number of nitrogens with one attached hydrogen (secondary N) is 1. The van der Waals surface area contributed by atoms with Gasteiger partial charge in [-0.3, -0.25) is 9.78 Å². The van der Waals surface area contributed by atoms with Crippen molar-refractivity contribution in [2.45, 2.75) is 19.0 Å². The van der Waals surface area contributed by atoms with E-state index in [1.165, 1.54) is 16.4 Å². The Labute approximate surface area is 149 Å². The largest absolute Gasteiger partial charge is 0.335 e. The standard InChI is InChI=1S/C17H18N6OS/c1-11-6-7-12(2)14(9-11)20-15(24)10-25-17-22-21-16(23(17)18)13-5-3-4-8-19-13/h3-9H,10,18H2,1-2H3,(H,20,24). The van der Waals surface area contributed by atoms with Gasteiger partial charge in [0.25, 0.3) is 0 Å². The highest BCUT2D eigenvalue weighted by atomic mass is 32.2. The summed E-state index contributed by atoms with van der Waals surface area (Å²) in [5.74, 6) is 6.54. The lowest BCUT2D eigenvalue weighted by Crippen LogP contribution is -2.17. The molecule has 0 radical (unpaired) electrons. The number of nitrogens with two attached hydrogens (primary N) is 1. The topological polar surface area (TPSA) is 98.7 Å². The van der Waals surface area contributed by atoms with Crippen molar-refractivity contribution in [3.63, 3.8) is 0 Å². The Balaban J connectivity index is 1.65. The molecule has 2 heterocycles. The van der Waals surface area contributed by atoms with E-state index < -0.39 is 0 Å². The third-order valence-electron chi connectivity index (χ3n) is 3.56. The molecule has 3 N–H and O–H groups in total. The third-order valence-corrected chi connectivity index (χ3v) is 4.50. The van der Waals surface area contributed by atoms with Crippen molar-refractivity contribution in [2.24, 2.45) is 0 Å². The number of nitrogen functional groups attached to an aromatic ring is 1. The molecule has 0 bridgehead atoms. The van der Waals surface area contributed by atoms with Crippen LogP contribution in [0.15, 0.2) is 47.8 Å². The van der Waals surface area contributed by atoms with Gasteiger partial charge in [0.05, 0.1) is 5.75 Å². The van der Waals surface area contributed by atoms with Crippen molar-refractivity contribution in [1.82, 2.24) is 19.9 Å². The number of pyridine rings is 1. The fourth-order valence-corrected chi connectivity index (χ4v) is 2.89. The van der Waals surface area contributed by atoms with Crippen molar-refractivity contribution in [1.29, 1.82) is 0 Å². The number of anilines is 1. The van der Waals surface area contributed by atoms with Crippen molar-refractivity contribution < 1.29 is 4.79 Å². The molecule has 128 valence electrons. The van der Waals surface area contributed by atoms with Crippen molar-refractivity contribution in [3.8, 4) is 11.5 Å². The summed E-state index contributed by atoms with van der Waals surface area (Å²) in [7, 11) is 0. The summed E-state index contributed by atoms with van der Waals surface area (Å²) in [5, 5.41) is 11.4. The van der Waals surface area contributed by atoms with Crippen LogP contribution >= 0.6 is 11.8 Å². The Morgan fingerprint density at radius 1 is 1.24 bits per heavy atom. The number of carbonyl (C=O) groups is 1. The molecule has 0 spiro atoms. The first-order valence-corrected chi connectivity index (χ1v) is 8.65. The first-order chi connectivity index (χ1) is 12.0. The van der Waals surface area contributed by atoms with Crippen LogP contribution in [0.5, 0.6) is 0 Å². The number of amides is 1. The molecule has 0 saturated carbocycles. The van der Waals surface area contributed by atoms with Gasteiger partial charge in [-0.15, -0.1) is 10.2 Å². The number of carbonyl (C=O) groups excluding carboxylic acids is 1. The summed E-state index contributed by atoms with van der Waals surface area (Å²) >= 11 is 1.22. The lowest BCUT2D eigenvalue weighted by Gasteiger charge is -2.09. The Bertz CT molecular complexity index is 893. The normalized spacial score (nSPS) is 10.6. The summed E-state index contributed by atoms with van der Waals surface area (Å²) in [6.45, 7) is 3.94. The first-order valence-electron chi connectivity index (χ1n) is 7.66. The first kappa shape index (κ1) is 17.0. The van der Waals surface area contributed by atoms with E-state index in [0.29, 0.717) is 16.7 Å². The van der Waals surface area contributed by atoms with Crippen molar-refractivity contribution in [3.05, 3.63) is 53.7 Å². The average Bonchev–Trinajstić information content (AvgIpc) is 2.98. The minimum absolute atomic E-state index is 0.124. The van der Waals surface area contributed by atoms with Gasteiger partial charge in [-0.25, -0.2) is 4.68 Å². The van der Waals surface area contributed by atoms with Crippen molar-refractivity contribution >= 4 is 23.4 Å². The van der Waals surface area contributed by atoms with Crippen LogP contribution in [0.4, 0.5) is 5.69 Å². The minimum atomic E-state index is -0.124. The summed E-state index contributed by atoms with van der Waals surface area (Å²) in [5.41, 5.74) is 3.55. The zero-order valence-corrected chi connectivity index (χ0v) is 14.7. The van der Waals surface area contributed by atoms with Gasteiger partial charge < -0.3 is 11.2 Å². The number of aromatic nitrogens is 4. The molecule has 0 aliphatic rings. The molecule has 0 atom stereocenters. The highest BCUT2D eigenvalue weighted by molar-refractivity contribution is 7.99. The Kier molecular flexibility index (Phi) is 4.99. The van der Waals surface area contributed by atoms with Gasteiger partial charge in [0, 0.05) is 11.9 Å². The Morgan fingerprint density at radius 3 is 2.84 bits per heavy atom. The lowest BCUT2D eigenvalue weighted by atomic mass is 10.1. The van der Waals surface area contributed by atoms with E-state index in [2.05, 4.69) is 20.5 Å². The predicted octanol–water partition coefficient (Wildman–Crippen LogP) is 2.40. The second kappa shape index (κ2) is 7.35. The number of aryl methyl sites for hydroxylation is 2. The van der Waals surface area contributed by atoms with Gasteiger partial charge >= 0.3 is 0 Å². The fourth-order valence-electron chi connectivity index (χ4n) is 2.23. The molecule has 0 saturated heterocycles. The third kappa shape index (κ3) is 3.97. The van der Waals surface area contributed by atoms with Gasteiger partial charge in [0.2, 0.25) is 16.9 Å². The van der Waals surface area contributed by atoms with Crippen LogP contribution in [0.1, 0.15) is 11.1 Å². The fraction of sp³-hybridized carbons (Fsp3) is 0.176. The van der Waals surface area contributed by atoms with Crippen molar-refractivity contribution in [2.75, 3.05) is 16.9 Å². The number of nitrogens with zero attached hydrogens (tertiary/aromatic N) is 4. The van der Waals surface area contributed by atoms with E-state index in [1.807, 2.05) is 44.2 Å². The SMILES string of the molecule is Cc1ccc(C)c(NC(=O)CSc2nnc(-c3ccccn3)n2N)c1.